The largest absolute Gasteiger partial charge is 0.396 e. The second-order valence-electron chi connectivity index (χ2n) is 3.63. The van der Waals surface area contributed by atoms with Crippen LogP contribution in [0.15, 0.2) is 30.3 Å². The minimum atomic E-state index is 0.218. The van der Waals surface area contributed by atoms with Crippen molar-refractivity contribution < 1.29 is 9.84 Å². The number of benzene rings is 1. The Morgan fingerprint density at radius 1 is 1.27 bits per heavy atom. The van der Waals surface area contributed by atoms with E-state index in [9.17, 15) is 5.11 Å². The molecule has 0 aliphatic rings. The molecule has 84 valence electrons. The summed E-state index contributed by atoms with van der Waals surface area (Å²) in [4.78, 5) is 0. The monoisotopic (exact) mass is 208 g/mol. The van der Waals surface area contributed by atoms with Crippen molar-refractivity contribution in [2.75, 3.05) is 19.8 Å². The van der Waals surface area contributed by atoms with Crippen LogP contribution in [0.4, 0.5) is 0 Å². The standard InChI is InChI=1S/C13H20O2/c1-2-15-10-6-9-13(11-14)12-7-4-3-5-8-12/h3-5,7-8,13-14H,2,6,9-11H2,1H3. The molecular weight excluding hydrogens is 188 g/mol. The third kappa shape index (κ3) is 4.45. The van der Waals surface area contributed by atoms with E-state index in [0.717, 1.165) is 26.1 Å². The Hall–Kier alpha value is -0.860. The van der Waals surface area contributed by atoms with Crippen molar-refractivity contribution in [3.8, 4) is 0 Å². The average Bonchev–Trinajstić information content (AvgIpc) is 2.30. The molecule has 0 saturated carbocycles. The van der Waals surface area contributed by atoms with Crippen molar-refractivity contribution >= 4 is 0 Å². The fraction of sp³-hybridized carbons (Fsp3) is 0.538. The number of hydrogen-bond donors (Lipinski definition) is 1. The summed E-state index contributed by atoms with van der Waals surface area (Å²) in [6.45, 7) is 3.78. The zero-order valence-corrected chi connectivity index (χ0v) is 9.36. The van der Waals surface area contributed by atoms with Crippen molar-refractivity contribution in [2.45, 2.75) is 25.7 Å². The van der Waals surface area contributed by atoms with Gasteiger partial charge in [0.1, 0.15) is 0 Å². The van der Waals surface area contributed by atoms with Gasteiger partial charge in [0.25, 0.3) is 0 Å². The molecule has 1 rings (SSSR count). The van der Waals surface area contributed by atoms with Crippen LogP contribution in [0.25, 0.3) is 0 Å². The Kier molecular flexibility index (Phi) is 6.05. The molecule has 2 nitrogen and oxygen atoms in total. The van der Waals surface area contributed by atoms with Crippen molar-refractivity contribution in [1.82, 2.24) is 0 Å². The van der Waals surface area contributed by atoms with Crippen molar-refractivity contribution in [3.63, 3.8) is 0 Å². The van der Waals surface area contributed by atoms with Crippen LogP contribution in [-0.4, -0.2) is 24.9 Å². The van der Waals surface area contributed by atoms with Crippen LogP contribution in [-0.2, 0) is 4.74 Å². The van der Waals surface area contributed by atoms with Gasteiger partial charge in [-0.2, -0.15) is 0 Å². The maximum atomic E-state index is 9.30. The molecule has 0 aliphatic carbocycles. The van der Waals surface area contributed by atoms with Crippen molar-refractivity contribution in [3.05, 3.63) is 35.9 Å². The van der Waals surface area contributed by atoms with Gasteiger partial charge < -0.3 is 9.84 Å². The third-order valence-corrected chi connectivity index (χ3v) is 2.54. The summed E-state index contributed by atoms with van der Waals surface area (Å²) in [5, 5.41) is 9.30. The molecule has 0 saturated heterocycles. The van der Waals surface area contributed by atoms with Crippen molar-refractivity contribution in [1.29, 1.82) is 0 Å². The normalized spacial score (nSPS) is 12.7. The summed E-state index contributed by atoms with van der Waals surface area (Å²) in [5.74, 6) is 0.256. The maximum Gasteiger partial charge on any atom is 0.0499 e. The smallest absolute Gasteiger partial charge is 0.0499 e. The first-order chi connectivity index (χ1) is 7.38. The summed E-state index contributed by atoms with van der Waals surface area (Å²) < 4.78 is 5.28. The molecule has 1 N–H and O–H groups in total. The molecular formula is C13H20O2. The van der Waals surface area contributed by atoms with E-state index in [0.29, 0.717) is 0 Å². The number of aliphatic hydroxyl groups excluding tert-OH is 1. The zero-order chi connectivity index (χ0) is 10.9. The van der Waals surface area contributed by atoms with E-state index in [2.05, 4.69) is 12.1 Å². The first kappa shape index (κ1) is 12.2. The topological polar surface area (TPSA) is 29.5 Å². The maximum absolute atomic E-state index is 9.30. The molecule has 0 heterocycles. The highest BCUT2D eigenvalue weighted by Crippen LogP contribution is 2.20. The van der Waals surface area contributed by atoms with E-state index >= 15 is 0 Å². The van der Waals surface area contributed by atoms with Crippen LogP contribution in [0, 0.1) is 0 Å². The van der Waals surface area contributed by atoms with Gasteiger partial charge in [0.05, 0.1) is 0 Å². The van der Waals surface area contributed by atoms with Gasteiger partial charge in [-0.1, -0.05) is 30.3 Å². The van der Waals surface area contributed by atoms with Gasteiger partial charge in [0.2, 0.25) is 0 Å². The lowest BCUT2D eigenvalue weighted by molar-refractivity contribution is 0.138. The highest BCUT2D eigenvalue weighted by Gasteiger charge is 2.08. The highest BCUT2D eigenvalue weighted by molar-refractivity contribution is 5.19. The Labute approximate surface area is 91.9 Å². The fourth-order valence-electron chi connectivity index (χ4n) is 1.66. The number of aliphatic hydroxyl groups is 1. The van der Waals surface area contributed by atoms with Gasteiger partial charge in [-0.25, -0.2) is 0 Å². The Morgan fingerprint density at radius 3 is 2.60 bits per heavy atom. The first-order valence-electron chi connectivity index (χ1n) is 5.62. The molecule has 0 fully saturated rings. The lowest BCUT2D eigenvalue weighted by Crippen LogP contribution is -2.06. The summed E-state index contributed by atoms with van der Waals surface area (Å²) >= 11 is 0. The predicted octanol–water partition coefficient (Wildman–Crippen LogP) is 2.58. The van der Waals surface area contributed by atoms with Gasteiger partial charge >= 0.3 is 0 Å². The molecule has 2 heteroatoms. The predicted molar refractivity (Wildman–Crippen MR) is 62.0 cm³/mol. The lowest BCUT2D eigenvalue weighted by Gasteiger charge is -2.14. The van der Waals surface area contributed by atoms with Gasteiger partial charge in [-0.15, -0.1) is 0 Å². The van der Waals surface area contributed by atoms with Crippen LogP contribution >= 0.6 is 0 Å². The molecule has 0 spiro atoms. The molecule has 1 aromatic carbocycles. The van der Waals surface area contributed by atoms with E-state index in [4.69, 9.17) is 4.74 Å². The highest BCUT2D eigenvalue weighted by atomic mass is 16.5. The fourth-order valence-corrected chi connectivity index (χ4v) is 1.66. The van der Waals surface area contributed by atoms with E-state index in [1.165, 1.54) is 5.56 Å². The number of rotatable bonds is 7. The molecule has 0 amide bonds. The summed E-state index contributed by atoms with van der Waals surface area (Å²) in [5.41, 5.74) is 1.22. The molecule has 0 aromatic heterocycles. The average molecular weight is 208 g/mol. The van der Waals surface area contributed by atoms with Gasteiger partial charge in [-0.3, -0.25) is 0 Å². The molecule has 0 radical (unpaired) electrons. The lowest BCUT2D eigenvalue weighted by atomic mass is 9.95. The van der Waals surface area contributed by atoms with Gasteiger partial charge in [-0.05, 0) is 25.3 Å². The van der Waals surface area contributed by atoms with Crippen LogP contribution in [0.1, 0.15) is 31.2 Å². The second-order valence-corrected chi connectivity index (χ2v) is 3.63. The van der Waals surface area contributed by atoms with E-state index < -0.39 is 0 Å². The summed E-state index contributed by atoms with van der Waals surface area (Å²) in [6, 6.07) is 10.2. The molecule has 0 aliphatic heterocycles. The van der Waals surface area contributed by atoms with Crippen molar-refractivity contribution in [2.24, 2.45) is 0 Å². The van der Waals surface area contributed by atoms with Crippen LogP contribution in [0.5, 0.6) is 0 Å². The van der Waals surface area contributed by atoms with Gasteiger partial charge in [0, 0.05) is 25.7 Å². The Balaban J connectivity index is 2.36. The molecule has 15 heavy (non-hydrogen) atoms. The minimum absolute atomic E-state index is 0.218. The summed E-state index contributed by atoms with van der Waals surface area (Å²) in [7, 11) is 0. The Bertz CT molecular complexity index is 246. The minimum Gasteiger partial charge on any atom is -0.396 e. The molecule has 1 atom stereocenters. The first-order valence-corrected chi connectivity index (χ1v) is 5.62. The van der Waals surface area contributed by atoms with E-state index in [-0.39, 0.29) is 12.5 Å². The molecule has 0 bridgehead atoms. The van der Waals surface area contributed by atoms with Gasteiger partial charge in [0.15, 0.2) is 0 Å². The Morgan fingerprint density at radius 2 is 2.00 bits per heavy atom. The van der Waals surface area contributed by atoms with Crippen LogP contribution < -0.4 is 0 Å². The van der Waals surface area contributed by atoms with Crippen LogP contribution in [0.3, 0.4) is 0 Å². The second kappa shape index (κ2) is 7.43. The van der Waals surface area contributed by atoms with E-state index in [1.54, 1.807) is 0 Å². The molecule has 1 unspecified atom stereocenters. The number of hydrogen-bond acceptors (Lipinski definition) is 2. The van der Waals surface area contributed by atoms with E-state index in [1.807, 2.05) is 25.1 Å². The number of ether oxygens (including phenoxy) is 1. The molecule has 1 aromatic rings. The third-order valence-electron chi connectivity index (χ3n) is 2.54. The van der Waals surface area contributed by atoms with Crippen LogP contribution in [0.2, 0.25) is 0 Å². The SMILES string of the molecule is CCOCCCC(CO)c1ccccc1. The quantitative estimate of drug-likeness (QED) is 0.698. The zero-order valence-electron chi connectivity index (χ0n) is 9.36. The summed E-state index contributed by atoms with van der Waals surface area (Å²) in [6.07, 6.45) is 1.99.